The molecular weight excluding hydrogens is 172 g/mol. The molecule has 1 rings (SSSR count). The van der Waals surface area contributed by atoms with Crippen LogP contribution in [0.3, 0.4) is 0 Å². The highest BCUT2D eigenvalue weighted by atomic mass is 14.9. The lowest BCUT2D eigenvalue weighted by molar-refractivity contribution is 0.573. The Kier molecular flexibility index (Phi) is 4.65. The SMILES string of the molecule is C=CCNC(CC=C)c1cccnc1. The average molecular weight is 188 g/mol. The summed E-state index contributed by atoms with van der Waals surface area (Å²) in [5, 5.41) is 3.36. The smallest absolute Gasteiger partial charge is 0.0372 e. The lowest BCUT2D eigenvalue weighted by Gasteiger charge is -2.15. The van der Waals surface area contributed by atoms with Gasteiger partial charge < -0.3 is 5.32 Å². The molecule has 0 radical (unpaired) electrons. The molecule has 0 amide bonds. The van der Waals surface area contributed by atoms with Gasteiger partial charge in [-0.05, 0) is 18.1 Å². The fourth-order valence-corrected chi connectivity index (χ4v) is 1.31. The summed E-state index contributed by atoms with van der Waals surface area (Å²) in [7, 11) is 0. The molecule has 0 fully saturated rings. The third-order valence-electron chi connectivity index (χ3n) is 2.00. The Labute approximate surface area is 85.4 Å². The molecule has 14 heavy (non-hydrogen) atoms. The van der Waals surface area contributed by atoms with E-state index in [1.807, 2.05) is 24.4 Å². The summed E-state index contributed by atoms with van der Waals surface area (Å²) in [6.07, 6.45) is 8.33. The third kappa shape index (κ3) is 3.15. The van der Waals surface area contributed by atoms with Crippen molar-refractivity contribution in [1.29, 1.82) is 0 Å². The molecule has 1 unspecified atom stereocenters. The molecule has 0 saturated heterocycles. The quantitative estimate of drug-likeness (QED) is 0.694. The van der Waals surface area contributed by atoms with Crippen LogP contribution in [0.1, 0.15) is 18.0 Å². The number of nitrogens with zero attached hydrogens (tertiary/aromatic N) is 1. The topological polar surface area (TPSA) is 24.9 Å². The molecule has 0 aliphatic rings. The molecule has 0 aliphatic carbocycles. The van der Waals surface area contributed by atoms with E-state index in [0.29, 0.717) is 6.04 Å². The second kappa shape index (κ2) is 6.11. The van der Waals surface area contributed by atoms with Crippen molar-refractivity contribution < 1.29 is 0 Å². The largest absolute Gasteiger partial charge is 0.306 e. The molecule has 1 aromatic rings. The number of rotatable bonds is 6. The summed E-state index contributed by atoms with van der Waals surface area (Å²) in [5.41, 5.74) is 1.19. The second-order valence-electron chi connectivity index (χ2n) is 3.06. The van der Waals surface area contributed by atoms with E-state index in [-0.39, 0.29) is 0 Å². The number of pyridine rings is 1. The fourth-order valence-electron chi connectivity index (χ4n) is 1.31. The lowest BCUT2D eigenvalue weighted by Crippen LogP contribution is -2.20. The van der Waals surface area contributed by atoms with E-state index in [0.717, 1.165) is 13.0 Å². The van der Waals surface area contributed by atoms with Crippen LogP contribution < -0.4 is 5.32 Å². The summed E-state index contributed by atoms with van der Waals surface area (Å²) >= 11 is 0. The first kappa shape index (κ1) is 10.7. The maximum atomic E-state index is 4.10. The highest BCUT2D eigenvalue weighted by molar-refractivity contribution is 5.14. The maximum Gasteiger partial charge on any atom is 0.0372 e. The summed E-state index contributed by atoms with van der Waals surface area (Å²) in [6.45, 7) is 8.23. The van der Waals surface area contributed by atoms with Gasteiger partial charge in [0.05, 0.1) is 0 Å². The van der Waals surface area contributed by atoms with Crippen LogP contribution in [0.5, 0.6) is 0 Å². The Morgan fingerprint density at radius 1 is 1.43 bits per heavy atom. The monoisotopic (exact) mass is 188 g/mol. The second-order valence-corrected chi connectivity index (χ2v) is 3.06. The summed E-state index contributed by atoms with van der Waals surface area (Å²) in [6, 6.07) is 4.30. The summed E-state index contributed by atoms with van der Waals surface area (Å²) in [5.74, 6) is 0. The van der Waals surface area contributed by atoms with E-state index < -0.39 is 0 Å². The first-order chi connectivity index (χ1) is 6.88. The normalized spacial score (nSPS) is 12.0. The Balaban J connectivity index is 2.66. The zero-order valence-corrected chi connectivity index (χ0v) is 8.32. The molecule has 2 heteroatoms. The highest BCUT2D eigenvalue weighted by Gasteiger charge is 2.07. The lowest BCUT2D eigenvalue weighted by atomic mass is 10.1. The summed E-state index contributed by atoms with van der Waals surface area (Å²) in [4.78, 5) is 4.10. The van der Waals surface area contributed by atoms with E-state index in [4.69, 9.17) is 0 Å². The van der Waals surface area contributed by atoms with Crippen molar-refractivity contribution >= 4 is 0 Å². The minimum atomic E-state index is 0.291. The van der Waals surface area contributed by atoms with Gasteiger partial charge >= 0.3 is 0 Å². The van der Waals surface area contributed by atoms with Crippen LogP contribution in [-0.4, -0.2) is 11.5 Å². The van der Waals surface area contributed by atoms with Crippen LogP contribution in [0.4, 0.5) is 0 Å². The Morgan fingerprint density at radius 2 is 2.29 bits per heavy atom. The standard InChI is InChI=1S/C12H16N2/c1-3-6-12(14-8-4-2)11-7-5-9-13-10-11/h3-5,7,9-10,12,14H,1-2,6,8H2. The van der Waals surface area contributed by atoms with E-state index in [9.17, 15) is 0 Å². The van der Waals surface area contributed by atoms with Gasteiger partial charge in [0, 0.05) is 25.0 Å². The summed E-state index contributed by atoms with van der Waals surface area (Å²) < 4.78 is 0. The van der Waals surface area contributed by atoms with E-state index >= 15 is 0 Å². The van der Waals surface area contributed by atoms with Crippen LogP contribution in [0.25, 0.3) is 0 Å². The molecule has 0 aliphatic heterocycles. The predicted molar refractivity (Wildman–Crippen MR) is 60.0 cm³/mol. The van der Waals surface area contributed by atoms with Crippen molar-refractivity contribution in [2.24, 2.45) is 0 Å². The van der Waals surface area contributed by atoms with Gasteiger partial charge in [0.1, 0.15) is 0 Å². The molecule has 1 N–H and O–H groups in total. The van der Waals surface area contributed by atoms with Crippen molar-refractivity contribution in [3.63, 3.8) is 0 Å². The number of aromatic nitrogens is 1. The van der Waals surface area contributed by atoms with Crippen LogP contribution >= 0.6 is 0 Å². The van der Waals surface area contributed by atoms with E-state index in [2.05, 4.69) is 29.5 Å². The van der Waals surface area contributed by atoms with Gasteiger partial charge in [-0.2, -0.15) is 0 Å². The van der Waals surface area contributed by atoms with Crippen LogP contribution in [0.15, 0.2) is 49.8 Å². The first-order valence-corrected chi connectivity index (χ1v) is 4.73. The molecule has 1 atom stereocenters. The number of nitrogens with one attached hydrogen (secondary N) is 1. The molecule has 1 aromatic heterocycles. The molecular formula is C12H16N2. The first-order valence-electron chi connectivity index (χ1n) is 4.73. The average Bonchev–Trinajstić information content (AvgIpc) is 2.25. The Hall–Kier alpha value is -1.41. The van der Waals surface area contributed by atoms with Crippen molar-refractivity contribution in [1.82, 2.24) is 10.3 Å². The molecule has 2 nitrogen and oxygen atoms in total. The molecule has 1 heterocycles. The van der Waals surface area contributed by atoms with Crippen molar-refractivity contribution in [3.8, 4) is 0 Å². The Morgan fingerprint density at radius 3 is 2.86 bits per heavy atom. The Bertz CT molecular complexity index is 280. The highest BCUT2D eigenvalue weighted by Crippen LogP contribution is 2.15. The molecule has 0 aromatic carbocycles. The van der Waals surface area contributed by atoms with Crippen molar-refractivity contribution in [2.45, 2.75) is 12.5 Å². The number of hydrogen-bond donors (Lipinski definition) is 1. The van der Waals surface area contributed by atoms with Crippen LogP contribution in [0, 0.1) is 0 Å². The zero-order valence-electron chi connectivity index (χ0n) is 8.32. The molecule has 74 valence electrons. The molecule has 0 saturated carbocycles. The molecule has 0 spiro atoms. The zero-order chi connectivity index (χ0) is 10.2. The van der Waals surface area contributed by atoms with Gasteiger partial charge in [0.2, 0.25) is 0 Å². The van der Waals surface area contributed by atoms with Gasteiger partial charge in [-0.15, -0.1) is 13.2 Å². The van der Waals surface area contributed by atoms with E-state index in [1.165, 1.54) is 5.56 Å². The van der Waals surface area contributed by atoms with Gasteiger partial charge in [-0.3, -0.25) is 4.98 Å². The van der Waals surface area contributed by atoms with Crippen LogP contribution in [0.2, 0.25) is 0 Å². The third-order valence-corrected chi connectivity index (χ3v) is 2.00. The minimum Gasteiger partial charge on any atom is -0.306 e. The van der Waals surface area contributed by atoms with Gasteiger partial charge in [0.25, 0.3) is 0 Å². The van der Waals surface area contributed by atoms with Gasteiger partial charge in [0.15, 0.2) is 0 Å². The minimum absolute atomic E-state index is 0.291. The number of hydrogen-bond acceptors (Lipinski definition) is 2. The van der Waals surface area contributed by atoms with Gasteiger partial charge in [-0.1, -0.05) is 18.2 Å². The molecule has 0 bridgehead atoms. The fraction of sp³-hybridized carbons (Fsp3) is 0.250. The van der Waals surface area contributed by atoms with E-state index in [1.54, 1.807) is 6.20 Å². The van der Waals surface area contributed by atoms with Crippen LogP contribution in [-0.2, 0) is 0 Å². The van der Waals surface area contributed by atoms with Gasteiger partial charge in [-0.25, -0.2) is 0 Å². The van der Waals surface area contributed by atoms with Crippen molar-refractivity contribution in [3.05, 3.63) is 55.4 Å². The van der Waals surface area contributed by atoms with Crippen molar-refractivity contribution in [2.75, 3.05) is 6.54 Å². The maximum absolute atomic E-state index is 4.10. The predicted octanol–water partition coefficient (Wildman–Crippen LogP) is 2.47.